The van der Waals surface area contributed by atoms with E-state index >= 15 is 0 Å². The van der Waals surface area contributed by atoms with Crippen molar-refractivity contribution in [1.29, 1.82) is 5.26 Å². The SMILES string of the molecule is CC(C)(C)N(C(=O)O)C1=NC2(CCOc3ccc(NC(=O)c4ccc(C#N)cn4)cc32)CCS1. The minimum absolute atomic E-state index is 0.194. The second-order valence-electron chi connectivity index (χ2n) is 9.12. The van der Waals surface area contributed by atoms with E-state index in [-0.39, 0.29) is 5.69 Å². The predicted molar refractivity (Wildman–Crippen MR) is 129 cm³/mol. The number of thioether (sulfide) groups is 1. The number of carbonyl (C=O) groups is 2. The van der Waals surface area contributed by atoms with Crippen molar-refractivity contribution in [2.45, 2.75) is 44.7 Å². The Balaban J connectivity index is 1.68. The number of carboxylic acid groups (broad SMARTS) is 1. The number of nitrogens with zero attached hydrogens (tertiary/aromatic N) is 4. The van der Waals surface area contributed by atoms with Crippen molar-refractivity contribution in [3.8, 4) is 11.8 Å². The molecule has 2 aliphatic heterocycles. The zero-order valence-corrected chi connectivity index (χ0v) is 20.0. The number of nitrogens with one attached hydrogen (secondary N) is 1. The number of amides is 2. The number of hydrogen-bond acceptors (Lipinski definition) is 7. The normalized spacial score (nSPS) is 19.3. The lowest BCUT2D eigenvalue weighted by Gasteiger charge is -2.42. The third-order valence-electron chi connectivity index (χ3n) is 5.75. The molecule has 3 heterocycles. The van der Waals surface area contributed by atoms with Crippen molar-refractivity contribution in [2.75, 3.05) is 17.7 Å². The van der Waals surface area contributed by atoms with Crippen LogP contribution in [0.25, 0.3) is 0 Å². The van der Waals surface area contributed by atoms with Gasteiger partial charge in [-0.1, -0.05) is 11.8 Å². The number of rotatable bonds is 2. The van der Waals surface area contributed by atoms with Crippen LogP contribution >= 0.6 is 11.8 Å². The second-order valence-corrected chi connectivity index (χ2v) is 10.2. The molecule has 1 aromatic carbocycles. The molecule has 1 atom stereocenters. The molecule has 1 unspecified atom stereocenters. The Morgan fingerprint density at radius 2 is 2.06 bits per heavy atom. The summed E-state index contributed by atoms with van der Waals surface area (Å²) in [5.41, 5.74) is 0.662. The maximum atomic E-state index is 12.7. The van der Waals surface area contributed by atoms with E-state index in [1.807, 2.05) is 32.9 Å². The van der Waals surface area contributed by atoms with Gasteiger partial charge in [0.1, 0.15) is 17.5 Å². The Bertz CT molecular complexity index is 1200. The van der Waals surface area contributed by atoms with E-state index < -0.39 is 23.1 Å². The van der Waals surface area contributed by atoms with Crippen molar-refractivity contribution in [2.24, 2.45) is 4.99 Å². The molecule has 0 aliphatic carbocycles. The number of pyridine rings is 1. The first-order valence-electron chi connectivity index (χ1n) is 10.8. The van der Waals surface area contributed by atoms with Crippen LogP contribution < -0.4 is 10.1 Å². The van der Waals surface area contributed by atoms with Crippen LogP contribution in [0, 0.1) is 11.3 Å². The molecule has 9 nitrogen and oxygen atoms in total. The van der Waals surface area contributed by atoms with Crippen molar-refractivity contribution < 1.29 is 19.4 Å². The van der Waals surface area contributed by atoms with Gasteiger partial charge in [0, 0.05) is 35.2 Å². The number of anilines is 1. The zero-order chi connectivity index (χ0) is 24.5. The highest BCUT2D eigenvalue weighted by atomic mass is 32.2. The van der Waals surface area contributed by atoms with Crippen molar-refractivity contribution in [3.63, 3.8) is 0 Å². The molecule has 2 aromatic rings. The molecule has 0 bridgehead atoms. The van der Waals surface area contributed by atoms with Crippen LogP contribution in [-0.2, 0) is 5.54 Å². The highest BCUT2D eigenvalue weighted by molar-refractivity contribution is 8.13. The summed E-state index contributed by atoms with van der Waals surface area (Å²) in [4.78, 5) is 35.1. The number of carbonyl (C=O) groups excluding carboxylic acids is 1. The fourth-order valence-electron chi connectivity index (χ4n) is 4.08. The molecule has 4 rings (SSSR count). The second kappa shape index (κ2) is 8.99. The Kier molecular flexibility index (Phi) is 6.23. The molecule has 2 amide bonds. The molecule has 176 valence electrons. The number of aliphatic imine (C=N–C) groups is 1. The van der Waals surface area contributed by atoms with Crippen molar-refractivity contribution in [3.05, 3.63) is 53.3 Å². The van der Waals surface area contributed by atoms with Gasteiger partial charge < -0.3 is 15.2 Å². The first-order chi connectivity index (χ1) is 16.1. The molecule has 2 N–H and O–H groups in total. The van der Waals surface area contributed by atoms with E-state index in [1.165, 1.54) is 35.0 Å². The third-order valence-corrected chi connectivity index (χ3v) is 6.69. The largest absolute Gasteiger partial charge is 0.493 e. The summed E-state index contributed by atoms with van der Waals surface area (Å²) in [7, 11) is 0. The van der Waals surface area contributed by atoms with Crippen LogP contribution in [0.4, 0.5) is 10.5 Å². The van der Waals surface area contributed by atoms with Crippen molar-refractivity contribution in [1.82, 2.24) is 9.88 Å². The Morgan fingerprint density at radius 3 is 2.71 bits per heavy atom. The van der Waals surface area contributed by atoms with Crippen LogP contribution in [0.3, 0.4) is 0 Å². The van der Waals surface area contributed by atoms with Gasteiger partial charge in [-0.05, 0) is 57.5 Å². The quantitative estimate of drug-likeness (QED) is 0.651. The number of fused-ring (bicyclic) bond motifs is 2. The number of hydrogen-bond donors (Lipinski definition) is 2. The number of amidine groups is 1. The first kappa shape index (κ1) is 23.6. The fourth-order valence-corrected chi connectivity index (χ4v) is 5.42. The summed E-state index contributed by atoms with van der Waals surface area (Å²) in [5.74, 6) is 0.987. The minimum atomic E-state index is -1.04. The molecule has 0 saturated heterocycles. The molecule has 0 fully saturated rings. The van der Waals surface area contributed by atoms with Crippen molar-refractivity contribution >= 4 is 34.6 Å². The van der Waals surface area contributed by atoms with Gasteiger partial charge in [0.05, 0.1) is 17.7 Å². The van der Waals surface area contributed by atoms with Gasteiger partial charge in [0.2, 0.25) is 0 Å². The highest BCUT2D eigenvalue weighted by Crippen LogP contribution is 2.47. The molecule has 34 heavy (non-hydrogen) atoms. The van der Waals surface area contributed by atoms with Gasteiger partial charge in [0.25, 0.3) is 5.91 Å². The fraction of sp³-hybridized carbons (Fsp3) is 0.375. The van der Waals surface area contributed by atoms with E-state index in [4.69, 9.17) is 15.0 Å². The molecule has 2 aliphatic rings. The van der Waals surface area contributed by atoms with E-state index in [2.05, 4.69) is 10.3 Å². The van der Waals surface area contributed by atoms with E-state index in [9.17, 15) is 14.7 Å². The Hall–Kier alpha value is -3.58. The van der Waals surface area contributed by atoms with E-state index in [0.717, 1.165) is 12.0 Å². The number of benzene rings is 1. The van der Waals surface area contributed by atoms with Crippen LogP contribution in [0.15, 0.2) is 41.5 Å². The smallest absolute Gasteiger partial charge is 0.413 e. The van der Waals surface area contributed by atoms with Gasteiger partial charge in [-0.2, -0.15) is 5.26 Å². The standard InChI is InChI=1S/C24H25N5O4S/c1-23(2,3)29(22(31)32)21-28-24(9-11-34-21)8-10-33-19-7-5-16(12-17(19)24)27-20(30)18-6-4-15(13-25)14-26-18/h4-7,12,14H,8-11H2,1-3H3,(H,27,30)(H,31,32). The number of aromatic nitrogens is 1. The lowest BCUT2D eigenvalue weighted by Crippen LogP contribution is -2.50. The minimum Gasteiger partial charge on any atom is -0.493 e. The van der Waals surface area contributed by atoms with Crippen LogP contribution in [0.5, 0.6) is 5.75 Å². The summed E-state index contributed by atoms with van der Waals surface area (Å²) in [6, 6.07) is 10.4. The molecular weight excluding hydrogens is 454 g/mol. The van der Waals surface area contributed by atoms with E-state index in [0.29, 0.717) is 40.9 Å². The summed E-state index contributed by atoms with van der Waals surface area (Å²) in [6.07, 6.45) is 1.64. The molecule has 1 aromatic heterocycles. The topological polar surface area (TPSA) is 128 Å². The Morgan fingerprint density at radius 1 is 1.26 bits per heavy atom. The number of ether oxygens (including phenoxy) is 1. The zero-order valence-electron chi connectivity index (χ0n) is 19.2. The van der Waals surface area contributed by atoms with E-state index in [1.54, 1.807) is 12.1 Å². The third kappa shape index (κ3) is 4.56. The highest BCUT2D eigenvalue weighted by Gasteiger charge is 2.43. The first-order valence-corrected chi connectivity index (χ1v) is 11.8. The Labute approximate surface area is 201 Å². The molecule has 0 radical (unpaired) electrons. The van der Waals surface area contributed by atoms with Gasteiger partial charge in [-0.25, -0.2) is 9.78 Å². The summed E-state index contributed by atoms with van der Waals surface area (Å²) < 4.78 is 5.87. The van der Waals surface area contributed by atoms with Gasteiger partial charge in [-0.3, -0.25) is 14.7 Å². The molecule has 1 spiro atoms. The average Bonchev–Trinajstić information content (AvgIpc) is 2.79. The van der Waals surface area contributed by atoms with Crippen LogP contribution in [0.1, 0.15) is 55.2 Å². The van der Waals surface area contributed by atoms with Crippen LogP contribution in [-0.4, -0.2) is 50.1 Å². The monoisotopic (exact) mass is 479 g/mol. The predicted octanol–water partition coefficient (Wildman–Crippen LogP) is 4.45. The lowest BCUT2D eigenvalue weighted by molar-refractivity contribution is 0.102. The average molecular weight is 480 g/mol. The summed E-state index contributed by atoms with van der Waals surface area (Å²) >= 11 is 1.44. The molecule has 10 heteroatoms. The molecular formula is C24H25N5O4S. The maximum absolute atomic E-state index is 12.7. The summed E-state index contributed by atoms with van der Waals surface area (Å²) in [5, 5.41) is 22.1. The van der Waals surface area contributed by atoms with Crippen LogP contribution in [0.2, 0.25) is 0 Å². The van der Waals surface area contributed by atoms with Gasteiger partial charge >= 0.3 is 6.09 Å². The van der Waals surface area contributed by atoms with Gasteiger partial charge in [-0.15, -0.1) is 0 Å². The lowest BCUT2D eigenvalue weighted by atomic mass is 9.82. The van der Waals surface area contributed by atoms with Gasteiger partial charge in [0.15, 0.2) is 5.17 Å². The number of nitriles is 1. The molecule has 0 saturated carbocycles. The maximum Gasteiger partial charge on any atom is 0.413 e. The summed E-state index contributed by atoms with van der Waals surface area (Å²) in [6.45, 7) is 5.99.